The van der Waals surface area contributed by atoms with Crippen molar-refractivity contribution in [2.75, 3.05) is 39.8 Å². The molecule has 0 fully saturated rings. The molecule has 180 valence electrons. The minimum atomic E-state index is 0.0741. The lowest BCUT2D eigenvalue weighted by Crippen LogP contribution is -2.41. The number of hydrogen-bond acceptors (Lipinski definition) is 6. The van der Waals surface area contributed by atoms with E-state index in [4.69, 9.17) is 4.74 Å². The van der Waals surface area contributed by atoms with E-state index >= 15 is 0 Å². The molecule has 2 N–H and O–H groups in total. The summed E-state index contributed by atoms with van der Waals surface area (Å²) in [6, 6.07) is 7.97. The van der Waals surface area contributed by atoms with E-state index in [1.165, 1.54) is 0 Å². The Hall–Kier alpha value is -1.28. The highest BCUT2D eigenvalue weighted by atomic mass is 32.1. The molecule has 0 saturated heterocycles. The van der Waals surface area contributed by atoms with E-state index in [1.54, 1.807) is 0 Å². The van der Waals surface area contributed by atoms with Crippen molar-refractivity contribution in [2.24, 2.45) is 0 Å². The third-order valence-corrected chi connectivity index (χ3v) is 5.65. The number of thiol groups is 1. The maximum Gasteiger partial charge on any atom is 0.220 e. The molecule has 31 heavy (non-hydrogen) atoms. The average molecular weight is 455 g/mol. The molecule has 7 heteroatoms. The first kappa shape index (κ1) is 29.7. The molecule has 0 aliphatic heterocycles. The Balaban J connectivity index is 0.00000436. The number of carbonyl (C=O) groups excluding carboxylic acids is 1. The second kappa shape index (κ2) is 19.4. The summed E-state index contributed by atoms with van der Waals surface area (Å²) in [7, 11) is 1.89. The fraction of sp³-hybridized carbons (Fsp3) is 0.708. The number of nitrogens with one attached hydrogen (secondary N) is 2. The van der Waals surface area contributed by atoms with Crippen molar-refractivity contribution < 1.29 is 9.53 Å². The van der Waals surface area contributed by atoms with Gasteiger partial charge in [-0.2, -0.15) is 12.6 Å². The van der Waals surface area contributed by atoms with Crippen LogP contribution in [0.3, 0.4) is 0 Å². The van der Waals surface area contributed by atoms with Crippen LogP contribution in [0.1, 0.15) is 65.9 Å². The highest BCUT2D eigenvalue weighted by Crippen LogP contribution is 2.13. The Bertz CT molecular complexity index is 553. The van der Waals surface area contributed by atoms with Crippen molar-refractivity contribution in [2.45, 2.75) is 72.2 Å². The van der Waals surface area contributed by atoms with Crippen LogP contribution in [0.25, 0.3) is 0 Å². The van der Waals surface area contributed by atoms with Gasteiger partial charge in [0, 0.05) is 26.1 Å². The Morgan fingerprint density at radius 1 is 1.06 bits per heavy atom. The number of hydrazine groups is 1. The number of hydrogen-bond donors (Lipinski definition) is 3. The van der Waals surface area contributed by atoms with E-state index in [1.807, 2.05) is 45.2 Å². The highest BCUT2D eigenvalue weighted by Gasteiger charge is 2.11. The third kappa shape index (κ3) is 13.7. The Kier molecular flexibility index (Phi) is 18.6. The van der Waals surface area contributed by atoms with Crippen LogP contribution in [0, 0.1) is 0 Å². The molecule has 1 aromatic rings. The van der Waals surface area contributed by atoms with Gasteiger partial charge in [0.25, 0.3) is 0 Å². The van der Waals surface area contributed by atoms with Crippen LogP contribution in [0.5, 0.6) is 5.75 Å². The Labute approximate surface area is 196 Å². The minimum Gasteiger partial charge on any atom is -0.494 e. The Morgan fingerprint density at radius 2 is 1.71 bits per heavy atom. The second-order valence-corrected chi connectivity index (χ2v) is 7.66. The van der Waals surface area contributed by atoms with E-state index in [0.717, 1.165) is 63.4 Å². The molecule has 1 atom stereocenters. The molecule has 1 amide bonds. The topological polar surface area (TPSA) is 56.8 Å². The standard InChI is InChI=1S/C22H40N4O2S.C2H6/c1-5-22(29)26(23-4)16-8-10-21(27)24-18-19-11-13-20(14-12-19)28-17-9-15-25(6-2)7-3;1-2/h11-14,22-23,29H,5-10,15-18H2,1-4H3,(H,24,27);1-2H3. The average Bonchev–Trinajstić information content (AvgIpc) is 2.82. The monoisotopic (exact) mass is 454 g/mol. The number of rotatable bonds is 16. The Morgan fingerprint density at radius 3 is 2.26 bits per heavy atom. The quantitative estimate of drug-likeness (QED) is 0.150. The molecule has 0 radical (unpaired) electrons. The van der Waals surface area contributed by atoms with Gasteiger partial charge >= 0.3 is 0 Å². The first-order chi connectivity index (χ1) is 15.0. The molecule has 0 saturated carbocycles. The summed E-state index contributed by atoms with van der Waals surface area (Å²) in [4.78, 5) is 14.5. The van der Waals surface area contributed by atoms with Gasteiger partial charge in [0.15, 0.2) is 0 Å². The summed E-state index contributed by atoms with van der Waals surface area (Å²) in [6.45, 7) is 15.8. The van der Waals surface area contributed by atoms with Gasteiger partial charge < -0.3 is 15.0 Å². The molecule has 0 aromatic heterocycles. The van der Waals surface area contributed by atoms with E-state index < -0.39 is 0 Å². The van der Waals surface area contributed by atoms with Crippen molar-refractivity contribution in [3.63, 3.8) is 0 Å². The molecule has 0 aliphatic carbocycles. The molecule has 0 heterocycles. The van der Waals surface area contributed by atoms with Gasteiger partial charge in [-0.1, -0.05) is 46.8 Å². The number of benzene rings is 1. The van der Waals surface area contributed by atoms with Crippen LogP contribution in [0.2, 0.25) is 0 Å². The van der Waals surface area contributed by atoms with Gasteiger partial charge in [-0.15, -0.1) is 0 Å². The lowest BCUT2D eigenvalue weighted by molar-refractivity contribution is -0.121. The van der Waals surface area contributed by atoms with Crippen LogP contribution in [-0.4, -0.2) is 61.0 Å². The van der Waals surface area contributed by atoms with Crippen molar-refractivity contribution in [3.8, 4) is 5.75 Å². The van der Waals surface area contributed by atoms with Gasteiger partial charge in [-0.05, 0) is 57.1 Å². The summed E-state index contributed by atoms with van der Waals surface area (Å²) >= 11 is 4.52. The second-order valence-electron chi connectivity index (χ2n) is 7.06. The lowest BCUT2D eigenvalue weighted by Gasteiger charge is -2.26. The maximum atomic E-state index is 12.1. The molecule has 6 nitrogen and oxygen atoms in total. The van der Waals surface area contributed by atoms with Crippen molar-refractivity contribution in [1.29, 1.82) is 0 Å². The zero-order chi connectivity index (χ0) is 23.5. The van der Waals surface area contributed by atoms with Crippen LogP contribution >= 0.6 is 12.6 Å². The molecular formula is C24H46N4O2S. The number of nitrogens with zero attached hydrogens (tertiary/aromatic N) is 2. The zero-order valence-corrected chi connectivity index (χ0v) is 21.5. The molecule has 1 rings (SSSR count). The smallest absolute Gasteiger partial charge is 0.220 e. The van der Waals surface area contributed by atoms with Crippen molar-refractivity contribution in [3.05, 3.63) is 29.8 Å². The van der Waals surface area contributed by atoms with E-state index in [2.05, 4.69) is 54.1 Å². The molecule has 0 spiro atoms. The van der Waals surface area contributed by atoms with Gasteiger partial charge in [0.2, 0.25) is 5.91 Å². The van der Waals surface area contributed by atoms with Gasteiger partial charge in [-0.25, -0.2) is 5.01 Å². The normalized spacial score (nSPS) is 11.8. The van der Waals surface area contributed by atoms with Gasteiger partial charge in [0.1, 0.15) is 5.75 Å². The number of ether oxygens (including phenoxy) is 1. The fourth-order valence-electron chi connectivity index (χ4n) is 3.05. The van der Waals surface area contributed by atoms with Crippen LogP contribution in [0.15, 0.2) is 24.3 Å². The summed E-state index contributed by atoms with van der Waals surface area (Å²) in [5.41, 5.74) is 4.21. The first-order valence-corrected chi connectivity index (χ1v) is 12.4. The van der Waals surface area contributed by atoms with E-state index in [0.29, 0.717) is 13.0 Å². The largest absolute Gasteiger partial charge is 0.494 e. The van der Waals surface area contributed by atoms with E-state index in [-0.39, 0.29) is 11.3 Å². The summed E-state index contributed by atoms with van der Waals surface area (Å²) in [5.74, 6) is 0.953. The zero-order valence-electron chi connectivity index (χ0n) is 20.6. The van der Waals surface area contributed by atoms with Gasteiger partial charge in [0.05, 0.1) is 12.0 Å². The highest BCUT2D eigenvalue weighted by molar-refractivity contribution is 7.80. The minimum absolute atomic E-state index is 0.0741. The van der Waals surface area contributed by atoms with Crippen LogP contribution < -0.4 is 15.5 Å². The number of amides is 1. The molecule has 1 aromatic carbocycles. The van der Waals surface area contributed by atoms with Crippen molar-refractivity contribution >= 4 is 18.5 Å². The maximum absolute atomic E-state index is 12.1. The fourth-order valence-corrected chi connectivity index (χ4v) is 3.28. The first-order valence-electron chi connectivity index (χ1n) is 11.9. The van der Waals surface area contributed by atoms with Crippen LogP contribution in [0.4, 0.5) is 0 Å². The SMILES string of the molecule is CC.CCC(S)N(CCCC(=O)NCc1ccc(OCCCN(CC)CC)cc1)NC. The molecule has 1 unspecified atom stereocenters. The number of carbonyl (C=O) groups is 1. The predicted molar refractivity (Wildman–Crippen MR) is 136 cm³/mol. The molecular weight excluding hydrogens is 408 g/mol. The third-order valence-electron chi connectivity index (χ3n) is 5.01. The summed E-state index contributed by atoms with van der Waals surface area (Å²) in [5, 5.41) is 5.21. The van der Waals surface area contributed by atoms with Crippen LogP contribution in [-0.2, 0) is 11.3 Å². The summed E-state index contributed by atoms with van der Waals surface area (Å²) < 4.78 is 5.81. The molecule has 0 bridgehead atoms. The van der Waals surface area contributed by atoms with Crippen molar-refractivity contribution in [1.82, 2.24) is 20.7 Å². The predicted octanol–water partition coefficient (Wildman–Crippen LogP) is 4.32. The van der Waals surface area contributed by atoms with Gasteiger partial charge in [-0.3, -0.25) is 10.2 Å². The lowest BCUT2D eigenvalue weighted by atomic mass is 10.2. The molecule has 0 aliphatic rings. The summed E-state index contributed by atoms with van der Waals surface area (Å²) in [6.07, 6.45) is 3.28. The van der Waals surface area contributed by atoms with E-state index in [9.17, 15) is 4.79 Å².